The van der Waals surface area contributed by atoms with Crippen LogP contribution in [0.4, 0.5) is 23.1 Å². The highest BCUT2D eigenvalue weighted by Crippen LogP contribution is 2.44. The molecule has 2 aliphatic carbocycles. The van der Waals surface area contributed by atoms with E-state index in [9.17, 15) is 4.57 Å². The van der Waals surface area contributed by atoms with Crippen LogP contribution in [0.2, 0.25) is 5.02 Å². The van der Waals surface area contributed by atoms with E-state index in [0.29, 0.717) is 28.7 Å². The van der Waals surface area contributed by atoms with Gasteiger partial charge in [0.1, 0.15) is 12.2 Å². The molecule has 0 unspecified atom stereocenters. The van der Waals surface area contributed by atoms with Crippen molar-refractivity contribution in [2.75, 3.05) is 37.1 Å². The number of benzene rings is 2. The van der Waals surface area contributed by atoms with E-state index >= 15 is 0 Å². The Labute approximate surface area is 231 Å². The fraction of sp³-hybridized carbons (Fsp3) is 0.467. The van der Waals surface area contributed by atoms with Crippen LogP contribution in [0, 0.1) is 0 Å². The number of fused-ring (bicyclic) bond motifs is 1. The van der Waals surface area contributed by atoms with E-state index in [-0.39, 0.29) is 0 Å². The number of halogens is 1. The Hall–Kier alpha value is -2.40. The maximum Gasteiger partial charge on any atom is 0.229 e. The Morgan fingerprint density at radius 1 is 0.947 bits per heavy atom. The summed E-state index contributed by atoms with van der Waals surface area (Å²) in [5, 5.41) is 7.99. The fourth-order valence-electron chi connectivity index (χ4n) is 5.98. The van der Waals surface area contributed by atoms with Crippen molar-refractivity contribution in [2.24, 2.45) is 0 Å². The second-order valence-electron chi connectivity index (χ2n) is 11.5. The molecule has 2 heterocycles. The molecule has 0 radical (unpaired) electrons. The molecule has 1 aromatic heterocycles. The number of nitrogens with zero attached hydrogens (tertiary/aromatic N) is 3. The average molecular weight is 550 g/mol. The normalized spacial score (nSPS) is 20.1. The van der Waals surface area contributed by atoms with Gasteiger partial charge in [0.2, 0.25) is 5.95 Å². The Morgan fingerprint density at radius 2 is 1.71 bits per heavy atom. The first-order valence-corrected chi connectivity index (χ1v) is 16.9. The number of anilines is 4. The van der Waals surface area contributed by atoms with Gasteiger partial charge in [0.05, 0.1) is 11.9 Å². The first kappa shape index (κ1) is 25.9. The predicted octanol–water partition coefficient (Wildman–Crippen LogP) is 7.09. The Morgan fingerprint density at radius 3 is 2.45 bits per heavy atom. The summed E-state index contributed by atoms with van der Waals surface area (Å²) in [5.74, 6) is 1.58. The lowest BCUT2D eigenvalue weighted by Crippen LogP contribution is -2.32. The van der Waals surface area contributed by atoms with Crippen LogP contribution < -0.4 is 15.9 Å². The van der Waals surface area contributed by atoms with E-state index in [2.05, 4.69) is 55.8 Å². The molecule has 3 aromatic rings. The lowest BCUT2D eigenvalue weighted by Gasteiger charge is -2.25. The van der Waals surface area contributed by atoms with E-state index in [0.717, 1.165) is 29.5 Å². The van der Waals surface area contributed by atoms with Gasteiger partial charge in [-0.1, -0.05) is 23.7 Å². The minimum absolute atomic E-state index is 0.421. The van der Waals surface area contributed by atoms with Gasteiger partial charge >= 0.3 is 0 Å². The summed E-state index contributed by atoms with van der Waals surface area (Å²) in [4.78, 5) is 11.8. The molecule has 0 bridgehead atoms. The van der Waals surface area contributed by atoms with E-state index < -0.39 is 7.14 Å². The van der Waals surface area contributed by atoms with Crippen LogP contribution in [0.1, 0.15) is 61.1 Å². The molecule has 2 aromatic carbocycles. The average Bonchev–Trinajstić information content (AvgIpc) is 3.65. The molecule has 0 spiro atoms. The maximum atomic E-state index is 13.1. The number of hydrogen-bond donors (Lipinski definition) is 2. The third-order valence-corrected chi connectivity index (χ3v) is 10.1. The molecule has 2 fully saturated rings. The SMILES string of the molecule is CP(C)(=O)c1cc(C2CC2)ccc1Nc1nc(Nc2ccc3c(c2)CC[C@@H](N2CCCC2)CC3)ncc1Cl. The summed E-state index contributed by atoms with van der Waals surface area (Å²) in [7, 11) is -2.51. The highest BCUT2D eigenvalue weighted by atomic mass is 35.5. The number of aryl methyl sites for hydroxylation is 2. The topological polar surface area (TPSA) is 70.2 Å². The molecular formula is C30H37ClN5OP. The van der Waals surface area contributed by atoms with Crippen LogP contribution in [-0.4, -0.2) is 47.3 Å². The van der Waals surface area contributed by atoms with Crippen molar-refractivity contribution in [3.8, 4) is 0 Å². The minimum atomic E-state index is -2.51. The van der Waals surface area contributed by atoms with E-state index in [1.807, 2.05) is 19.4 Å². The second-order valence-corrected chi connectivity index (χ2v) is 15.1. The molecule has 8 heteroatoms. The third-order valence-electron chi connectivity index (χ3n) is 8.26. The van der Waals surface area contributed by atoms with Gasteiger partial charge in [0, 0.05) is 17.0 Å². The minimum Gasteiger partial charge on any atom is -0.338 e. The molecule has 3 aliphatic rings. The molecule has 200 valence electrons. The van der Waals surface area contributed by atoms with Crippen LogP contribution in [-0.2, 0) is 17.4 Å². The van der Waals surface area contributed by atoms with Crippen LogP contribution in [0.25, 0.3) is 0 Å². The summed E-state index contributed by atoms with van der Waals surface area (Å²) in [6.07, 6.45) is 11.4. The van der Waals surface area contributed by atoms with E-state index in [1.54, 1.807) is 6.20 Å². The van der Waals surface area contributed by atoms with Gasteiger partial charge in [-0.15, -0.1) is 0 Å². The van der Waals surface area contributed by atoms with Gasteiger partial charge in [0.15, 0.2) is 5.82 Å². The summed E-state index contributed by atoms with van der Waals surface area (Å²) in [6.45, 7) is 6.14. The van der Waals surface area contributed by atoms with E-state index in [1.165, 1.54) is 68.3 Å². The van der Waals surface area contributed by atoms with Gasteiger partial charge in [-0.2, -0.15) is 4.98 Å². The van der Waals surface area contributed by atoms with Crippen molar-refractivity contribution in [3.63, 3.8) is 0 Å². The van der Waals surface area contributed by atoms with Crippen LogP contribution in [0.15, 0.2) is 42.6 Å². The Balaban J connectivity index is 1.20. The van der Waals surface area contributed by atoms with Gasteiger partial charge in [0.25, 0.3) is 0 Å². The number of aromatic nitrogens is 2. The molecule has 1 aliphatic heterocycles. The van der Waals surface area contributed by atoms with Crippen LogP contribution in [0.5, 0.6) is 0 Å². The number of likely N-dealkylation sites (tertiary alicyclic amines) is 1. The van der Waals surface area contributed by atoms with E-state index in [4.69, 9.17) is 11.6 Å². The van der Waals surface area contributed by atoms with Crippen molar-refractivity contribution in [1.82, 2.24) is 14.9 Å². The van der Waals surface area contributed by atoms with Gasteiger partial charge in [-0.3, -0.25) is 0 Å². The Kier molecular flexibility index (Phi) is 7.24. The van der Waals surface area contributed by atoms with Gasteiger partial charge in [-0.05, 0) is 125 Å². The zero-order valence-corrected chi connectivity index (χ0v) is 24.0. The summed E-state index contributed by atoms with van der Waals surface area (Å²) in [5.41, 5.74) is 5.92. The van der Waals surface area contributed by atoms with Crippen molar-refractivity contribution >= 4 is 47.2 Å². The molecule has 1 atom stereocenters. The van der Waals surface area contributed by atoms with Gasteiger partial charge in [-0.25, -0.2) is 4.98 Å². The van der Waals surface area contributed by atoms with Gasteiger partial charge < -0.3 is 20.1 Å². The highest BCUT2D eigenvalue weighted by molar-refractivity contribution is 7.70. The molecule has 6 nitrogen and oxygen atoms in total. The summed E-state index contributed by atoms with van der Waals surface area (Å²) < 4.78 is 13.1. The second kappa shape index (κ2) is 10.6. The Bertz CT molecular complexity index is 1380. The lowest BCUT2D eigenvalue weighted by atomic mass is 10.0. The number of rotatable bonds is 7. The van der Waals surface area contributed by atoms with Crippen molar-refractivity contribution < 1.29 is 4.57 Å². The first-order valence-electron chi connectivity index (χ1n) is 14.0. The fourth-order valence-corrected chi connectivity index (χ4v) is 7.29. The predicted molar refractivity (Wildman–Crippen MR) is 159 cm³/mol. The zero-order chi connectivity index (χ0) is 26.3. The van der Waals surface area contributed by atoms with Crippen LogP contribution >= 0.6 is 18.7 Å². The quantitative estimate of drug-likeness (QED) is 0.242. The van der Waals surface area contributed by atoms with Crippen molar-refractivity contribution in [3.05, 3.63) is 64.3 Å². The first-order chi connectivity index (χ1) is 18.3. The largest absolute Gasteiger partial charge is 0.338 e. The van der Waals surface area contributed by atoms with Crippen molar-refractivity contribution in [1.29, 1.82) is 0 Å². The highest BCUT2D eigenvalue weighted by Gasteiger charge is 2.27. The molecule has 1 saturated carbocycles. The summed E-state index contributed by atoms with van der Waals surface area (Å²) in [6, 6.07) is 13.6. The maximum absolute atomic E-state index is 13.1. The molecule has 2 N–H and O–H groups in total. The molecule has 1 saturated heterocycles. The third kappa shape index (κ3) is 5.78. The smallest absolute Gasteiger partial charge is 0.229 e. The molecule has 6 rings (SSSR count). The van der Waals surface area contributed by atoms with Crippen LogP contribution in [0.3, 0.4) is 0 Å². The van der Waals surface area contributed by atoms with Crippen molar-refractivity contribution in [2.45, 2.75) is 63.3 Å². The monoisotopic (exact) mass is 549 g/mol. The number of hydrogen-bond acceptors (Lipinski definition) is 6. The number of nitrogens with one attached hydrogen (secondary N) is 2. The zero-order valence-electron chi connectivity index (χ0n) is 22.3. The standard InChI is InChI=1S/C30H37ClN5OP/c1-38(2,37)28-18-23(20-5-6-20)10-14-27(28)34-29-26(31)19-32-30(35-29)33-24-11-7-21-8-12-25(13-9-22(21)17-24)36-15-3-4-16-36/h7,10-11,14,17-20,25H,3-6,8-9,12-13,15-16H2,1-2H3,(H2,32,33,34,35)/t25-/m0/s1. The summed E-state index contributed by atoms with van der Waals surface area (Å²) >= 11 is 6.50. The molecule has 0 amide bonds. The lowest BCUT2D eigenvalue weighted by molar-refractivity contribution is 0.222. The molecule has 38 heavy (non-hydrogen) atoms. The molecular weight excluding hydrogens is 513 g/mol.